The molecule has 5 nitrogen and oxygen atoms in total. The van der Waals surface area contributed by atoms with Gasteiger partial charge in [-0.3, -0.25) is 9.69 Å². The number of carbonyl (C=O) groups is 1. The number of phenolic OH excluding ortho intramolecular Hbond substituents is 1. The van der Waals surface area contributed by atoms with Gasteiger partial charge in [-0.15, -0.1) is 0 Å². The maximum absolute atomic E-state index is 12.4. The number of aliphatic hydroxyl groups is 2. The van der Waals surface area contributed by atoms with E-state index in [0.717, 1.165) is 36.6 Å². The molecule has 1 heterocycles. The molecule has 0 spiro atoms. The summed E-state index contributed by atoms with van der Waals surface area (Å²) in [5.41, 5.74) is 0.506. The van der Waals surface area contributed by atoms with Gasteiger partial charge in [-0.05, 0) is 82.2 Å². The normalized spacial score (nSPS) is 33.0. The lowest BCUT2D eigenvalue weighted by Gasteiger charge is -2.60. The molecule has 0 aromatic heterocycles. The monoisotopic (exact) mass is 389 g/mol. The molecule has 3 aliphatic rings. The molecule has 3 unspecified atom stereocenters. The van der Waals surface area contributed by atoms with Crippen molar-refractivity contribution >= 4 is 5.78 Å². The van der Waals surface area contributed by atoms with Crippen LogP contribution in [-0.2, 0) is 10.2 Å². The summed E-state index contributed by atoms with van der Waals surface area (Å²) in [4.78, 5) is 14.9. The van der Waals surface area contributed by atoms with Crippen molar-refractivity contribution in [1.82, 2.24) is 4.90 Å². The van der Waals surface area contributed by atoms with Crippen molar-refractivity contribution in [2.45, 2.75) is 76.4 Å². The van der Waals surface area contributed by atoms with Crippen molar-refractivity contribution in [3.63, 3.8) is 0 Å². The van der Waals surface area contributed by atoms with Gasteiger partial charge in [0.1, 0.15) is 11.5 Å². The van der Waals surface area contributed by atoms with Crippen molar-refractivity contribution in [2.24, 2.45) is 5.92 Å². The molecule has 0 bridgehead atoms. The number of aryl methyl sites for hydroxylation is 1. The molecule has 2 saturated carbocycles. The Hall–Kier alpha value is -1.43. The first-order valence-electron chi connectivity index (χ1n) is 10.7. The van der Waals surface area contributed by atoms with Crippen molar-refractivity contribution in [1.29, 1.82) is 0 Å². The SMILES string of the molecule is CCO.Cc1ccc(O)cc1C12CCN(CC3CC3)C(C)C1(O)CCC(=O)C2. The van der Waals surface area contributed by atoms with Crippen LogP contribution in [0.1, 0.15) is 63.5 Å². The molecule has 2 aliphatic carbocycles. The average Bonchev–Trinajstić information content (AvgIpc) is 3.47. The summed E-state index contributed by atoms with van der Waals surface area (Å²) in [5, 5.41) is 29.6. The Morgan fingerprint density at radius 1 is 1.25 bits per heavy atom. The second-order valence-corrected chi connectivity index (χ2v) is 8.90. The summed E-state index contributed by atoms with van der Waals surface area (Å²) in [6, 6.07) is 5.39. The molecule has 156 valence electrons. The van der Waals surface area contributed by atoms with Gasteiger partial charge in [-0.1, -0.05) is 6.07 Å². The van der Waals surface area contributed by atoms with Gasteiger partial charge in [-0.25, -0.2) is 0 Å². The first-order valence-corrected chi connectivity index (χ1v) is 10.7. The highest BCUT2D eigenvalue weighted by Crippen LogP contribution is 2.54. The summed E-state index contributed by atoms with van der Waals surface area (Å²) in [6.45, 7) is 8.04. The van der Waals surface area contributed by atoms with E-state index >= 15 is 0 Å². The molecular formula is C23H35NO4. The minimum absolute atomic E-state index is 0.0247. The van der Waals surface area contributed by atoms with Crippen LogP contribution in [0.5, 0.6) is 5.75 Å². The number of aromatic hydroxyl groups is 1. The molecule has 3 atom stereocenters. The maximum Gasteiger partial charge on any atom is 0.134 e. The smallest absolute Gasteiger partial charge is 0.134 e. The molecule has 5 heteroatoms. The third-order valence-electron chi connectivity index (χ3n) is 7.10. The number of carbonyl (C=O) groups excluding carboxylic acids is 1. The molecule has 0 amide bonds. The summed E-state index contributed by atoms with van der Waals surface area (Å²) in [6.07, 6.45) is 4.74. The van der Waals surface area contributed by atoms with E-state index in [1.54, 1.807) is 19.1 Å². The molecule has 4 rings (SSSR count). The van der Waals surface area contributed by atoms with Crippen molar-refractivity contribution in [3.8, 4) is 5.75 Å². The number of fused-ring (bicyclic) bond motifs is 1. The fourth-order valence-corrected chi connectivity index (χ4v) is 5.36. The van der Waals surface area contributed by atoms with Crippen molar-refractivity contribution in [3.05, 3.63) is 29.3 Å². The highest BCUT2D eigenvalue weighted by molar-refractivity contribution is 5.82. The summed E-state index contributed by atoms with van der Waals surface area (Å²) in [5.74, 6) is 1.23. The molecule has 1 aromatic carbocycles. The Balaban J connectivity index is 0.000000706. The first-order chi connectivity index (χ1) is 13.3. The number of piperidine rings is 1. The number of phenols is 1. The van der Waals surface area contributed by atoms with Crippen molar-refractivity contribution < 1.29 is 20.1 Å². The van der Waals surface area contributed by atoms with E-state index in [9.17, 15) is 15.0 Å². The van der Waals surface area contributed by atoms with E-state index in [1.807, 2.05) is 13.0 Å². The highest BCUT2D eigenvalue weighted by Gasteiger charge is 2.61. The number of benzene rings is 1. The fourth-order valence-electron chi connectivity index (χ4n) is 5.36. The molecule has 3 N–H and O–H groups in total. The van der Waals surface area contributed by atoms with Gasteiger partial charge in [0.05, 0.1) is 5.60 Å². The van der Waals surface area contributed by atoms with Gasteiger partial charge in [0.2, 0.25) is 0 Å². The van der Waals surface area contributed by atoms with Gasteiger partial charge < -0.3 is 15.3 Å². The summed E-state index contributed by atoms with van der Waals surface area (Å²) >= 11 is 0. The molecule has 0 radical (unpaired) electrons. The molecule has 3 fully saturated rings. The number of Topliss-reactive ketones (excluding diaryl/α,β-unsaturated/α-hetero) is 1. The quantitative estimate of drug-likeness (QED) is 0.741. The Kier molecular flexibility index (Phi) is 6.18. The number of rotatable bonds is 3. The number of ketones is 1. The predicted molar refractivity (Wildman–Crippen MR) is 109 cm³/mol. The Morgan fingerprint density at radius 2 is 1.93 bits per heavy atom. The van der Waals surface area contributed by atoms with Crippen molar-refractivity contribution in [2.75, 3.05) is 19.7 Å². The first kappa shape index (κ1) is 21.3. The second-order valence-electron chi connectivity index (χ2n) is 8.90. The minimum atomic E-state index is -0.924. The van der Waals surface area contributed by atoms with E-state index in [2.05, 4.69) is 11.8 Å². The van der Waals surface area contributed by atoms with Crippen LogP contribution in [0.15, 0.2) is 18.2 Å². The van der Waals surface area contributed by atoms with Crippen LogP contribution in [0.2, 0.25) is 0 Å². The zero-order valence-corrected chi connectivity index (χ0v) is 17.4. The van der Waals surface area contributed by atoms with E-state index in [4.69, 9.17) is 5.11 Å². The third-order valence-corrected chi connectivity index (χ3v) is 7.10. The molecule has 1 saturated heterocycles. The lowest BCUT2D eigenvalue weighted by Crippen LogP contribution is -2.70. The van der Waals surface area contributed by atoms with Crippen LogP contribution in [-0.4, -0.2) is 57.3 Å². The number of aliphatic hydroxyl groups excluding tert-OH is 1. The van der Waals surface area contributed by atoms with Crippen LogP contribution >= 0.6 is 0 Å². The van der Waals surface area contributed by atoms with Gasteiger partial charge in [0.25, 0.3) is 0 Å². The highest BCUT2D eigenvalue weighted by atomic mass is 16.3. The van der Waals surface area contributed by atoms with Gasteiger partial charge >= 0.3 is 0 Å². The zero-order valence-electron chi connectivity index (χ0n) is 17.4. The Bertz CT molecular complexity index is 717. The molecule has 28 heavy (non-hydrogen) atoms. The third kappa shape index (κ3) is 3.72. The Morgan fingerprint density at radius 3 is 2.57 bits per heavy atom. The van der Waals surface area contributed by atoms with Gasteiger partial charge in [0, 0.05) is 37.5 Å². The minimum Gasteiger partial charge on any atom is -0.508 e. The van der Waals surface area contributed by atoms with Crippen LogP contribution in [0.4, 0.5) is 0 Å². The van der Waals surface area contributed by atoms with E-state index in [0.29, 0.717) is 19.3 Å². The number of likely N-dealkylation sites (tertiary alicyclic amines) is 1. The van der Waals surface area contributed by atoms with Gasteiger partial charge in [-0.2, -0.15) is 0 Å². The molecule has 1 aromatic rings. The predicted octanol–water partition coefficient (Wildman–Crippen LogP) is 2.93. The lowest BCUT2D eigenvalue weighted by atomic mass is 9.53. The van der Waals surface area contributed by atoms with Crippen LogP contribution in [0.3, 0.4) is 0 Å². The van der Waals surface area contributed by atoms with Crippen LogP contribution in [0.25, 0.3) is 0 Å². The number of nitrogens with zero attached hydrogens (tertiary/aromatic N) is 1. The summed E-state index contributed by atoms with van der Waals surface area (Å²) < 4.78 is 0. The van der Waals surface area contributed by atoms with E-state index < -0.39 is 11.0 Å². The Labute approximate surface area is 168 Å². The molecular weight excluding hydrogens is 354 g/mol. The number of hydrogen-bond acceptors (Lipinski definition) is 5. The lowest BCUT2D eigenvalue weighted by molar-refractivity contribution is -0.164. The maximum atomic E-state index is 12.4. The summed E-state index contributed by atoms with van der Waals surface area (Å²) in [7, 11) is 0. The number of hydrogen-bond donors (Lipinski definition) is 3. The average molecular weight is 390 g/mol. The zero-order chi connectivity index (χ0) is 20.5. The van der Waals surface area contributed by atoms with Crippen LogP contribution in [0, 0.1) is 12.8 Å². The van der Waals surface area contributed by atoms with E-state index in [1.165, 1.54) is 12.8 Å². The molecule has 1 aliphatic heterocycles. The topological polar surface area (TPSA) is 81.0 Å². The standard InChI is InChI=1S/C21H29NO3.C2H6O/c1-14-3-6-17(23)11-19(14)20-9-10-22(13-16-4-5-16)15(2)21(20,25)8-7-18(24)12-20;1-2-3/h3,6,11,15-16,23,25H,4-5,7-10,12-13H2,1-2H3;3H,2H2,1H3. The van der Waals surface area contributed by atoms with Gasteiger partial charge in [0.15, 0.2) is 0 Å². The second kappa shape index (κ2) is 8.13. The van der Waals surface area contributed by atoms with E-state index in [-0.39, 0.29) is 24.2 Å². The fraction of sp³-hybridized carbons (Fsp3) is 0.696. The van der Waals surface area contributed by atoms with Crippen LogP contribution < -0.4 is 0 Å². The largest absolute Gasteiger partial charge is 0.508 e.